The number of amides is 2. The van der Waals surface area contributed by atoms with E-state index in [9.17, 15) is 4.79 Å². The van der Waals surface area contributed by atoms with Gasteiger partial charge >= 0.3 is 6.03 Å². The largest absolute Gasteiger partial charge is 0.493 e. The van der Waals surface area contributed by atoms with E-state index < -0.39 is 0 Å². The molecule has 3 aromatic carbocycles. The molecule has 0 aromatic heterocycles. The molecule has 3 aromatic rings. The van der Waals surface area contributed by atoms with Crippen LogP contribution in [0.5, 0.6) is 11.5 Å². The van der Waals surface area contributed by atoms with Crippen LogP contribution in [0.25, 0.3) is 11.1 Å². The Kier molecular flexibility index (Phi) is 7.26. The minimum absolute atomic E-state index is 0.0433. The number of urea groups is 1. The number of methoxy groups -OCH3 is 2. The van der Waals surface area contributed by atoms with Crippen molar-refractivity contribution in [3.8, 4) is 28.7 Å². The fraction of sp³-hybridized carbons (Fsp3) is 0.355. The van der Waals surface area contributed by atoms with Crippen molar-refractivity contribution >= 4 is 11.7 Å². The molecule has 3 atom stereocenters. The van der Waals surface area contributed by atoms with Gasteiger partial charge in [0, 0.05) is 23.2 Å². The maximum Gasteiger partial charge on any atom is 0.319 e. The summed E-state index contributed by atoms with van der Waals surface area (Å²) in [6.45, 7) is 1.03. The van der Waals surface area contributed by atoms with Crippen LogP contribution >= 0.6 is 0 Å². The second kappa shape index (κ2) is 10.8. The van der Waals surface area contributed by atoms with Crippen LogP contribution in [0.3, 0.4) is 0 Å². The first kappa shape index (κ1) is 25.6. The van der Waals surface area contributed by atoms with Crippen molar-refractivity contribution < 1.29 is 14.3 Å². The molecule has 0 radical (unpaired) electrons. The molecule has 2 N–H and O–H groups in total. The second-order valence-electron chi connectivity index (χ2n) is 10.3. The molecule has 5 rings (SSSR count). The highest BCUT2D eigenvalue weighted by Crippen LogP contribution is 2.49. The van der Waals surface area contributed by atoms with Gasteiger partial charge < -0.3 is 25.0 Å². The minimum atomic E-state index is -0.187. The second-order valence-corrected chi connectivity index (χ2v) is 10.3. The molecule has 1 aliphatic heterocycles. The van der Waals surface area contributed by atoms with Gasteiger partial charge in [-0.05, 0) is 92.4 Å². The van der Waals surface area contributed by atoms with Crippen LogP contribution in [0.2, 0.25) is 0 Å². The van der Waals surface area contributed by atoms with Crippen molar-refractivity contribution in [1.82, 2.24) is 10.2 Å². The number of benzene rings is 3. The summed E-state index contributed by atoms with van der Waals surface area (Å²) >= 11 is 0. The fourth-order valence-electron chi connectivity index (χ4n) is 6.26. The van der Waals surface area contributed by atoms with Gasteiger partial charge in [-0.2, -0.15) is 5.26 Å². The molecular weight excluding hydrogens is 476 g/mol. The number of hydrogen-bond acceptors (Lipinski definition) is 5. The van der Waals surface area contributed by atoms with E-state index in [4.69, 9.17) is 14.7 Å². The number of nitrogens with one attached hydrogen (secondary N) is 2. The molecule has 2 fully saturated rings. The van der Waals surface area contributed by atoms with E-state index in [0.717, 1.165) is 60.5 Å². The van der Waals surface area contributed by atoms with Gasteiger partial charge in [-0.3, -0.25) is 0 Å². The Labute approximate surface area is 224 Å². The summed E-state index contributed by atoms with van der Waals surface area (Å²) in [4.78, 5) is 15.3. The first-order valence-corrected chi connectivity index (χ1v) is 13.1. The molecule has 1 saturated heterocycles. The zero-order valence-electron chi connectivity index (χ0n) is 22.2. The summed E-state index contributed by atoms with van der Waals surface area (Å²) in [6.07, 6.45) is 3.90. The number of nitriles is 1. The third-order valence-electron chi connectivity index (χ3n) is 8.29. The highest BCUT2D eigenvalue weighted by Gasteiger charge is 2.50. The number of likely N-dealkylation sites (N-methyl/N-ethyl adjacent to an activating group) is 1. The topological polar surface area (TPSA) is 86.6 Å². The van der Waals surface area contributed by atoms with Gasteiger partial charge in [-0.15, -0.1) is 0 Å². The molecule has 0 bridgehead atoms. The van der Waals surface area contributed by atoms with Gasteiger partial charge in [-0.25, -0.2) is 4.79 Å². The van der Waals surface area contributed by atoms with E-state index in [1.807, 2.05) is 48.5 Å². The molecule has 7 nitrogen and oxygen atoms in total. The van der Waals surface area contributed by atoms with Crippen molar-refractivity contribution in [3.63, 3.8) is 0 Å². The first-order valence-electron chi connectivity index (χ1n) is 13.1. The summed E-state index contributed by atoms with van der Waals surface area (Å²) in [5.74, 6) is 1.50. The Morgan fingerprint density at radius 3 is 2.53 bits per heavy atom. The summed E-state index contributed by atoms with van der Waals surface area (Å²) < 4.78 is 11.1. The van der Waals surface area contributed by atoms with Crippen LogP contribution in [-0.2, 0) is 5.41 Å². The normalized spacial score (nSPS) is 22.7. The fourth-order valence-corrected chi connectivity index (χ4v) is 6.26. The van der Waals surface area contributed by atoms with Crippen LogP contribution in [0.4, 0.5) is 10.5 Å². The average molecular weight is 511 g/mol. The Balaban J connectivity index is 1.24. The summed E-state index contributed by atoms with van der Waals surface area (Å²) in [6, 6.07) is 23.9. The Morgan fingerprint density at radius 2 is 1.79 bits per heavy atom. The zero-order valence-corrected chi connectivity index (χ0v) is 22.2. The third-order valence-corrected chi connectivity index (χ3v) is 8.29. The van der Waals surface area contributed by atoms with E-state index in [2.05, 4.69) is 40.8 Å². The van der Waals surface area contributed by atoms with Crippen molar-refractivity contribution in [3.05, 3.63) is 77.9 Å². The van der Waals surface area contributed by atoms with Crippen LogP contribution < -0.4 is 20.1 Å². The third kappa shape index (κ3) is 4.92. The first-order chi connectivity index (χ1) is 18.5. The maximum atomic E-state index is 12.9. The molecule has 38 heavy (non-hydrogen) atoms. The number of ether oxygens (including phenoxy) is 2. The zero-order chi connectivity index (χ0) is 26.7. The van der Waals surface area contributed by atoms with E-state index in [1.165, 1.54) is 5.56 Å². The number of carbonyl (C=O) groups excluding carboxylic acids is 1. The van der Waals surface area contributed by atoms with E-state index >= 15 is 0 Å². The molecule has 0 unspecified atom stereocenters. The Morgan fingerprint density at radius 1 is 1.00 bits per heavy atom. The van der Waals surface area contributed by atoms with Gasteiger partial charge in [-0.1, -0.05) is 30.3 Å². The number of hydrogen-bond donors (Lipinski definition) is 2. The average Bonchev–Trinajstić information content (AvgIpc) is 3.29. The maximum absolute atomic E-state index is 12.9. The number of nitrogens with zero attached hydrogens (tertiary/aromatic N) is 2. The summed E-state index contributed by atoms with van der Waals surface area (Å²) in [5.41, 5.74) is 4.65. The predicted octanol–water partition coefficient (Wildman–Crippen LogP) is 5.56. The lowest BCUT2D eigenvalue weighted by atomic mass is 9.65. The van der Waals surface area contributed by atoms with Crippen molar-refractivity contribution in [1.29, 1.82) is 5.26 Å². The van der Waals surface area contributed by atoms with Gasteiger partial charge in [0.2, 0.25) is 0 Å². The van der Waals surface area contributed by atoms with Crippen LogP contribution in [0.1, 0.15) is 36.8 Å². The highest BCUT2D eigenvalue weighted by atomic mass is 16.5. The van der Waals surface area contributed by atoms with E-state index in [1.54, 1.807) is 20.3 Å². The number of fused-ring (bicyclic) bond motifs is 1. The molecule has 2 amide bonds. The lowest BCUT2D eigenvalue weighted by Crippen LogP contribution is -2.52. The standard InChI is InChI=1S/C31H34N4O3/c1-35-16-15-31(24-9-12-27(37-2)28(18-24)38-3)14-13-26(19-29(31)35)34-30(36)33-25-10-7-22(8-11-25)23-6-4-5-21(17-23)20-32/h4-12,17-18,26,29H,13-16,19H2,1-3H3,(H2,33,34,36)/t26-,29+,31+/m1/s1. The van der Waals surface area contributed by atoms with E-state index in [0.29, 0.717) is 11.6 Å². The highest BCUT2D eigenvalue weighted by molar-refractivity contribution is 5.89. The number of rotatable bonds is 6. The molecule has 1 saturated carbocycles. The Bertz CT molecular complexity index is 1350. The van der Waals surface area contributed by atoms with Crippen molar-refractivity contribution in [2.24, 2.45) is 0 Å². The van der Waals surface area contributed by atoms with E-state index in [-0.39, 0.29) is 17.5 Å². The molecule has 1 heterocycles. The smallest absolute Gasteiger partial charge is 0.319 e. The number of carbonyl (C=O) groups is 1. The van der Waals surface area contributed by atoms with Crippen molar-refractivity contribution in [2.45, 2.75) is 43.2 Å². The number of likely N-dealkylation sites (tertiary alicyclic amines) is 1. The van der Waals surface area contributed by atoms with Crippen molar-refractivity contribution in [2.75, 3.05) is 33.1 Å². The molecule has 1 aliphatic carbocycles. The molecule has 7 heteroatoms. The van der Waals surface area contributed by atoms with Gasteiger partial charge in [0.25, 0.3) is 0 Å². The quantitative estimate of drug-likeness (QED) is 0.454. The molecular formula is C31H34N4O3. The lowest BCUT2D eigenvalue weighted by Gasteiger charge is -2.45. The van der Waals surface area contributed by atoms with Crippen LogP contribution in [0, 0.1) is 11.3 Å². The minimum Gasteiger partial charge on any atom is -0.493 e. The Hall–Kier alpha value is -4.02. The van der Waals surface area contributed by atoms with Crippen LogP contribution in [-0.4, -0.2) is 50.8 Å². The van der Waals surface area contributed by atoms with Gasteiger partial charge in [0.1, 0.15) is 0 Å². The van der Waals surface area contributed by atoms with Crippen LogP contribution in [0.15, 0.2) is 66.7 Å². The molecule has 196 valence electrons. The SMILES string of the molecule is COc1ccc([C@@]23CC[C@@H](NC(=O)Nc4ccc(-c5cccc(C#N)c5)cc4)C[C@@H]2N(C)CC3)cc1OC. The lowest BCUT2D eigenvalue weighted by molar-refractivity contribution is 0.156. The van der Waals surface area contributed by atoms with Gasteiger partial charge in [0.05, 0.1) is 25.9 Å². The predicted molar refractivity (Wildman–Crippen MR) is 149 cm³/mol. The van der Waals surface area contributed by atoms with Gasteiger partial charge in [0.15, 0.2) is 11.5 Å². The summed E-state index contributed by atoms with van der Waals surface area (Å²) in [5, 5.41) is 15.3. The number of anilines is 1. The summed E-state index contributed by atoms with van der Waals surface area (Å²) in [7, 11) is 5.52. The molecule has 2 aliphatic rings. The molecule has 0 spiro atoms. The monoisotopic (exact) mass is 510 g/mol.